The minimum Gasteiger partial charge on any atom is -0.465 e. The lowest BCUT2D eigenvalue weighted by molar-refractivity contribution is 0.184. The summed E-state index contributed by atoms with van der Waals surface area (Å²) in [5.74, 6) is -0.766. The summed E-state index contributed by atoms with van der Waals surface area (Å²) in [7, 11) is 5.24. The van der Waals surface area contributed by atoms with Crippen LogP contribution in [0.1, 0.15) is 31.2 Å². The summed E-state index contributed by atoms with van der Waals surface area (Å²) < 4.78 is 31.2. The van der Waals surface area contributed by atoms with E-state index in [1.54, 1.807) is 32.1 Å². The number of anilines is 4. The van der Waals surface area contributed by atoms with Crippen LogP contribution in [0.15, 0.2) is 18.2 Å². The second-order valence-corrected chi connectivity index (χ2v) is 8.74. The maximum absolute atomic E-state index is 14.9. The Balaban J connectivity index is 1.68. The molecular weight excluding hydrogens is 458 g/mol. The Morgan fingerprint density at radius 1 is 1.17 bits per heavy atom. The van der Waals surface area contributed by atoms with Crippen LogP contribution in [0.3, 0.4) is 0 Å². The average Bonchev–Trinajstić information content (AvgIpc) is 3.13. The molecule has 3 aromatic rings. The van der Waals surface area contributed by atoms with Gasteiger partial charge in [0.15, 0.2) is 29.1 Å². The number of amides is 1. The third-order valence-electron chi connectivity index (χ3n) is 6.05. The molecule has 0 radical (unpaired) electrons. The van der Waals surface area contributed by atoms with E-state index in [-0.39, 0.29) is 23.2 Å². The fourth-order valence-corrected chi connectivity index (χ4v) is 4.46. The molecule has 1 fully saturated rings. The fraction of sp³-hybridized carbons (Fsp3) is 0.391. The summed E-state index contributed by atoms with van der Waals surface area (Å²) in [6.45, 7) is 0. The highest BCUT2D eigenvalue weighted by Crippen LogP contribution is 2.32. The van der Waals surface area contributed by atoms with E-state index < -0.39 is 23.8 Å². The SMILES string of the molecule is CN(C)c1nn(C)c2c(F)cc(Nc3nc(NC4CCCCC4NC(=O)O)c(F)cc3C#N)cc12. The second-order valence-electron chi connectivity index (χ2n) is 8.74. The minimum absolute atomic E-state index is 0.0454. The molecule has 1 saturated carbocycles. The number of carbonyl (C=O) groups is 1. The van der Waals surface area contributed by atoms with E-state index in [1.807, 2.05) is 6.07 Å². The van der Waals surface area contributed by atoms with E-state index in [9.17, 15) is 18.8 Å². The minimum atomic E-state index is -1.15. The molecule has 0 aliphatic heterocycles. The van der Waals surface area contributed by atoms with Crippen LogP contribution in [0, 0.1) is 23.0 Å². The zero-order chi connectivity index (χ0) is 25.3. The van der Waals surface area contributed by atoms with Gasteiger partial charge >= 0.3 is 6.09 Å². The molecule has 2 unspecified atom stereocenters. The molecule has 184 valence electrons. The molecular formula is C23H26F2N8O2. The quantitative estimate of drug-likeness (QED) is 0.414. The van der Waals surface area contributed by atoms with E-state index in [4.69, 9.17) is 5.11 Å². The molecule has 1 aliphatic carbocycles. The van der Waals surface area contributed by atoms with Crippen LogP contribution >= 0.6 is 0 Å². The highest BCUT2D eigenvalue weighted by molar-refractivity contribution is 5.94. The summed E-state index contributed by atoms with van der Waals surface area (Å²) in [6.07, 6.45) is 1.81. The molecule has 10 nitrogen and oxygen atoms in total. The third kappa shape index (κ3) is 4.89. The van der Waals surface area contributed by atoms with Gasteiger partial charge in [-0.15, -0.1) is 0 Å². The van der Waals surface area contributed by atoms with Crippen molar-refractivity contribution < 1.29 is 18.7 Å². The zero-order valence-corrected chi connectivity index (χ0v) is 19.6. The molecule has 2 atom stereocenters. The number of fused-ring (bicyclic) bond motifs is 1. The number of benzene rings is 1. The van der Waals surface area contributed by atoms with Gasteiger partial charge in [-0.1, -0.05) is 12.8 Å². The molecule has 1 aliphatic rings. The summed E-state index contributed by atoms with van der Waals surface area (Å²) >= 11 is 0. The summed E-state index contributed by atoms with van der Waals surface area (Å²) in [5.41, 5.74) is 0.579. The number of hydrogen-bond acceptors (Lipinski definition) is 7. The van der Waals surface area contributed by atoms with Crippen LogP contribution in [0.2, 0.25) is 0 Å². The molecule has 2 heterocycles. The number of nitrogens with one attached hydrogen (secondary N) is 3. The number of pyridine rings is 1. The first-order valence-electron chi connectivity index (χ1n) is 11.1. The van der Waals surface area contributed by atoms with Gasteiger partial charge in [-0.3, -0.25) is 4.68 Å². The number of nitrogens with zero attached hydrogens (tertiary/aromatic N) is 5. The maximum atomic E-state index is 14.9. The maximum Gasteiger partial charge on any atom is 0.404 e. The molecule has 1 aromatic carbocycles. The van der Waals surface area contributed by atoms with Crippen LogP contribution in [0.4, 0.5) is 36.7 Å². The zero-order valence-electron chi connectivity index (χ0n) is 19.6. The first kappa shape index (κ1) is 24.0. The van der Waals surface area contributed by atoms with Crippen molar-refractivity contribution in [2.75, 3.05) is 29.6 Å². The lowest BCUT2D eigenvalue weighted by atomic mass is 9.90. The van der Waals surface area contributed by atoms with Crippen molar-refractivity contribution in [3.05, 3.63) is 35.4 Å². The van der Waals surface area contributed by atoms with E-state index in [1.165, 1.54) is 10.7 Å². The fourth-order valence-electron chi connectivity index (χ4n) is 4.46. The Labute approximate surface area is 200 Å². The number of aryl methyl sites for hydroxylation is 1. The van der Waals surface area contributed by atoms with Crippen molar-refractivity contribution in [2.24, 2.45) is 7.05 Å². The molecule has 12 heteroatoms. The molecule has 0 saturated heterocycles. The predicted octanol–water partition coefficient (Wildman–Crippen LogP) is 3.92. The Morgan fingerprint density at radius 2 is 1.89 bits per heavy atom. The second kappa shape index (κ2) is 9.61. The van der Waals surface area contributed by atoms with Gasteiger partial charge < -0.3 is 26.0 Å². The molecule has 0 spiro atoms. The molecule has 4 rings (SSSR count). The van der Waals surface area contributed by atoms with E-state index in [2.05, 4.69) is 26.0 Å². The lowest BCUT2D eigenvalue weighted by Crippen LogP contribution is -2.48. The van der Waals surface area contributed by atoms with Crippen LogP contribution in [0.5, 0.6) is 0 Å². The van der Waals surface area contributed by atoms with Gasteiger partial charge in [0.1, 0.15) is 11.6 Å². The topological polar surface area (TPSA) is 131 Å². The van der Waals surface area contributed by atoms with Crippen molar-refractivity contribution in [2.45, 2.75) is 37.8 Å². The van der Waals surface area contributed by atoms with Crippen LogP contribution in [0.25, 0.3) is 10.9 Å². The first-order valence-corrected chi connectivity index (χ1v) is 11.1. The number of hydrogen-bond donors (Lipinski definition) is 4. The van der Waals surface area contributed by atoms with Crippen molar-refractivity contribution in [1.82, 2.24) is 20.1 Å². The van der Waals surface area contributed by atoms with E-state index in [0.29, 0.717) is 35.2 Å². The summed E-state index contributed by atoms with van der Waals surface area (Å²) in [5, 5.41) is 32.0. The lowest BCUT2D eigenvalue weighted by Gasteiger charge is -2.32. The predicted molar refractivity (Wildman–Crippen MR) is 128 cm³/mol. The van der Waals surface area contributed by atoms with Crippen molar-refractivity contribution >= 4 is 40.1 Å². The summed E-state index contributed by atoms with van der Waals surface area (Å²) in [4.78, 5) is 17.2. The van der Waals surface area contributed by atoms with Gasteiger partial charge in [0.05, 0.1) is 11.6 Å². The van der Waals surface area contributed by atoms with Gasteiger partial charge in [0.2, 0.25) is 0 Å². The van der Waals surface area contributed by atoms with Crippen LogP contribution in [-0.4, -0.2) is 52.1 Å². The Hall–Kier alpha value is -4.14. The Bertz CT molecular complexity index is 1320. The van der Waals surface area contributed by atoms with Crippen molar-refractivity contribution in [3.63, 3.8) is 0 Å². The molecule has 2 aromatic heterocycles. The average molecular weight is 485 g/mol. The Morgan fingerprint density at radius 3 is 2.54 bits per heavy atom. The van der Waals surface area contributed by atoms with E-state index >= 15 is 0 Å². The molecule has 35 heavy (non-hydrogen) atoms. The smallest absolute Gasteiger partial charge is 0.404 e. The number of carboxylic acid groups (broad SMARTS) is 1. The van der Waals surface area contributed by atoms with Crippen LogP contribution in [-0.2, 0) is 7.05 Å². The van der Waals surface area contributed by atoms with Gasteiger partial charge in [-0.05, 0) is 31.0 Å². The third-order valence-corrected chi connectivity index (χ3v) is 6.05. The van der Waals surface area contributed by atoms with Gasteiger partial charge in [-0.2, -0.15) is 10.4 Å². The largest absolute Gasteiger partial charge is 0.465 e. The van der Waals surface area contributed by atoms with Gasteiger partial charge in [0, 0.05) is 38.3 Å². The van der Waals surface area contributed by atoms with Crippen LogP contribution < -0.4 is 20.9 Å². The number of halogens is 2. The van der Waals surface area contributed by atoms with E-state index in [0.717, 1.165) is 18.9 Å². The van der Waals surface area contributed by atoms with Gasteiger partial charge in [-0.25, -0.2) is 18.6 Å². The number of rotatable bonds is 6. The van der Waals surface area contributed by atoms with Crippen molar-refractivity contribution in [3.8, 4) is 6.07 Å². The highest BCUT2D eigenvalue weighted by Gasteiger charge is 2.28. The molecule has 1 amide bonds. The summed E-state index contributed by atoms with van der Waals surface area (Å²) in [6, 6.07) is 5.13. The monoisotopic (exact) mass is 484 g/mol. The van der Waals surface area contributed by atoms with Crippen molar-refractivity contribution in [1.29, 1.82) is 5.26 Å². The molecule has 0 bridgehead atoms. The number of aromatic nitrogens is 3. The highest BCUT2D eigenvalue weighted by atomic mass is 19.1. The normalized spacial score (nSPS) is 17.6. The van der Waals surface area contributed by atoms with Gasteiger partial charge in [0.25, 0.3) is 0 Å². The number of nitriles is 1. The molecule has 4 N–H and O–H groups in total. The first-order chi connectivity index (χ1) is 16.7. The Kier molecular flexibility index (Phi) is 6.59. The standard InChI is InChI=1S/C23H26F2N8O2/c1-32(2)22-14-9-13(10-15(24)19(14)33(3)31-22)27-20-12(11-26)8-16(25)21(30-20)28-17-6-4-5-7-18(17)29-23(34)35/h8-10,17-18,29H,4-7H2,1-3H3,(H,34,35)(H2,27,28,30).